The van der Waals surface area contributed by atoms with Crippen LogP contribution in [0.3, 0.4) is 0 Å². The molecule has 1 fully saturated rings. The zero-order valence-corrected chi connectivity index (χ0v) is 10.8. The molecule has 0 aromatic rings. The van der Waals surface area contributed by atoms with E-state index in [0.717, 1.165) is 12.5 Å². The Morgan fingerprint density at radius 1 is 1.57 bits per heavy atom. The first-order valence-corrected chi connectivity index (χ1v) is 9.33. The fourth-order valence-electron chi connectivity index (χ4n) is 2.75. The maximum Gasteiger partial charge on any atom is 0.160 e. The minimum Gasteiger partial charge on any atom is -0.297 e. The molecule has 2 aliphatic carbocycles. The van der Waals surface area contributed by atoms with Gasteiger partial charge in [-0.3, -0.25) is 4.79 Å². The summed E-state index contributed by atoms with van der Waals surface area (Å²) in [6, 6.07) is 0.934. The van der Waals surface area contributed by atoms with Gasteiger partial charge in [0.1, 0.15) is 4.87 Å². The van der Waals surface area contributed by atoms with Crippen LogP contribution in [0.15, 0.2) is 12.2 Å². The summed E-state index contributed by atoms with van der Waals surface area (Å²) in [6.45, 7) is 6.83. The van der Waals surface area contributed by atoms with Crippen LogP contribution in [0.4, 0.5) is 0 Å². The third-order valence-electron chi connectivity index (χ3n) is 3.25. The van der Waals surface area contributed by atoms with Gasteiger partial charge in [0.15, 0.2) is 5.78 Å². The molecule has 0 amide bonds. The average Bonchev–Trinajstić information content (AvgIpc) is 2.45. The molecule has 0 bridgehead atoms. The summed E-state index contributed by atoms with van der Waals surface area (Å²) in [6.07, 6.45) is 5.16. The van der Waals surface area contributed by atoms with Crippen molar-refractivity contribution in [1.82, 2.24) is 0 Å². The summed E-state index contributed by atoms with van der Waals surface area (Å²) in [4.78, 5) is 11.4. The Labute approximate surface area is 91.5 Å². The second-order valence-electron chi connectivity index (χ2n) is 5.76. The van der Waals surface area contributed by atoms with E-state index in [4.69, 9.17) is 11.6 Å². The normalized spacial score (nSPS) is 41.0. The molecule has 0 aromatic carbocycles. The van der Waals surface area contributed by atoms with Crippen LogP contribution in [-0.4, -0.2) is 18.7 Å². The lowest BCUT2D eigenvalue weighted by Crippen LogP contribution is -2.60. The predicted molar refractivity (Wildman–Crippen MR) is 62.5 cm³/mol. The minimum atomic E-state index is -1.24. The third kappa shape index (κ3) is 1.39. The number of hydrogen-bond acceptors (Lipinski definition) is 1. The van der Waals surface area contributed by atoms with Gasteiger partial charge in [-0.25, -0.2) is 0 Å². The molecule has 0 heterocycles. The largest absolute Gasteiger partial charge is 0.297 e. The molecule has 0 N–H and O–H groups in total. The first kappa shape index (κ1) is 10.4. The minimum absolute atomic E-state index is 0.156. The van der Waals surface area contributed by atoms with Crippen molar-refractivity contribution in [2.24, 2.45) is 11.8 Å². The van der Waals surface area contributed by atoms with E-state index in [9.17, 15) is 4.79 Å². The SMILES string of the molecule is C[Si](C)(C)CC1(Cl)C(=O)C2C=CCC21. The Hall–Kier alpha value is -0.0831. The average molecular weight is 229 g/mol. The zero-order valence-electron chi connectivity index (χ0n) is 9.01. The van der Waals surface area contributed by atoms with Crippen molar-refractivity contribution < 1.29 is 4.79 Å². The van der Waals surface area contributed by atoms with Gasteiger partial charge in [0.2, 0.25) is 0 Å². The van der Waals surface area contributed by atoms with Gasteiger partial charge in [0.25, 0.3) is 0 Å². The summed E-state index contributed by atoms with van der Waals surface area (Å²) in [5, 5.41) is 0. The molecule has 2 aliphatic rings. The van der Waals surface area contributed by atoms with Crippen LogP contribution in [0.5, 0.6) is 0 Å². The van der Waals surface area contributed by atoms with Gasteiger partial charge in [0.05, 0.1) is 0 Å². The van der Waals surface area contributed by atoms with Crippen molar-refractivity contribution >= 4 is 25.5 Å². The molecule has 0 aliphatic heterocycles. The maximum atomic E-state index is 11.9. The molecule has 1 saturated carbocycles. The van der Waals surface area contributed by atoms with E-state index in [-0.39, 0.29) is 11.7 Å². The highest BCUT2D eigenvalue weighted by Crippen LogP contribution is 2.54. The molecule has 3 heteroatoms. The number of hydrogen-bond donors (Lipinski definition) is 0. The summed E-state index contributed by atoms with van der Waals surface area (Å²) in [7, 11) is -1.24. The van der Waals surface area contributed by atoms with Gasteiger partial charge in [-0.1, -0.05) is 31.8 Å². The number of rotatable bonds is 2. The van der Waals surface area contributed by atoms with Gasteiger partial charge in [-0.2, -0.15) is 0 Å². The highest BCUT2D eigenvalue weighted by Gasteiger charge is 2.61. The lowest BCUT2D eigenvalue weighted by molar-refractivity contribution is -0.135. The molecule has 14 heavy (non-hydrogen) atoms. The number of ketones is 1. The zero-order chi connectivity index (χ0) is 10.6. The van der Waals surface area contributed by atoms with Gasteiger partial charge in [0, 0.05) is 19.9 Å². The van der Waals surface area contributed by atoms with Crippen LogP contribution in [-0.2, 0) is 4.79 Å². The topological polar surface area (TPSA) is 17.1 Å². The van der Waals surface area contributed by atoms with Gasteiger partial charge in [-0.15, -0.1) is 11.6 Å². The Kier molecular flexibility index (Phi) is 2.20. The molecular formula is C11H17ClOSi. The van der Waals surface area contributed by atoms with Crippen molar-refractivity contribution in [1.29, 1.82) is 0 Å². The van der Waals surface area contributed by atoms with E-state index in [1.54, 1.807) is 0 Å². The summed E-state index contributed by atoms with van der Waals surface area (Å²) in [5.74, 6) is 0.840. The number of allylic oxidation sites excluding steroid dienone is 2. The van der Waals surface area contributed by atoms with Crippen molar-refractivity contribution in [2.75, 3.05) is 0 Å². The molecular weight excluding hydrogens is 212 g/mol. The summed E-state index contributed by atoms with van der Waals surface area (Å²) < 4.78 is 0. The predicted octanol–water partition coefficient (Wildman–Crippen LogP) is 3.08. The highest BCUT2D eigenvalue weighted by atomic mass is 35.5. The number of fused-ring (bicyclic) bond motifs is 1. The van der Waals surface area contributed by atoms with E-state index in [2.05, 4.69) is 25.7 Å². The molecule has 3 atom stereocenters. The Balaban J connectivity index is 2.15. The molecule has 1 nitrogen and oxygen atoms in total. The van der Waals surface area contributed by atoms with E-state index in [1.807, 2.05) is 6.08 Å². The number of halogens is 1. The van der Waals surface area contributed by atoms with Crippen molar-refractivity contribution in [3.63, 3.8) is 0 Å². The van der Waals surface area contributed by atoms with Crippen molar-refractivity contribution in [3.05, 3.63) is 12.2 Å². The molecule has 2 rings (SSSR count). The Bertz CT molecular complexity index is 305. The summed E-state index contributed by atoms with van der Waals surface area (Å²) in [5.41, 5.74) is 0. The molecule has 0 radical (unpaired) electrons. The van der Waals surface area contributed by atoms with Crippen molar-refractivity contribution in [2.45, 2.75) is 37.0 Å². The fraction of sp³-hybridized carbons (Fsp3) is 0.727. The molecule has 0 saturated heterocycles. The van der Waals surface area contributed by atoms with E-state index in [0.29, 0.717) is 5.92 Å². The van der Waals surface area contributed by atoms with Gasteiger partial charge >= 0.3 is 0 Å². The maximum absolute atomic E-state index is 11.9. The molecule has 0 spiro atoms. The Morgan fingerprint density at radius 3 is 2.79 bits per heavy atom. The fourth-order valence-corrected chi connectivity index (χ4v) is 6.28. The van der Waals surface area contributed by atoms with Gasteiger partial charge < -0.3 is 0 Å². The van der Waals surface area contributed by atoms with E-state index in [1.165, 1.54) is 0 Å². The van der Waals surface area contributed by atoms with Crippen LogP contribution in [0.2, 0.25) is 25.7 Å². The molecule has 0 aromatic heterocycles. The lowest BCUT2D eigenvalue weighted by Gasteiger charge is -2.48. The second-order valence-corrected chi connectivity index (χ2v) is 11.9. The third-order valence-corrected chi connectivity index (χ3v) is 5.70. The van der Waals surface area contributed by atoms with E-state index >= 15 is 0 Å². The van der Waals surface area contributed by atoms with Crippen LogP contribution in [0.1, 0.15) is 6.42 Å². The van der Waals surface area contributed by atoms with Crippen molar-refractivity contribution in [3.8, 4) is 0 Å². The number of Topliss-reactive ketones (excluding diaryl/α,β-unsaturated/α-hetero) is 1. The summed E-state index contributed by atoms with van der Waals surface area (Å²) >= 11 is 6.49. The number of carbonyl (C=O) groups is 1. The first-order chi connectivity index (χ1) is 6.34. The number of carbonyl (C=O) groups excluding carboxylic acids is 1. The highest BCUT2D eigenvalue weighted by molar-refractivity contribution is 6.77. The number of alkyl halides is 1. The quantitative estimate of drug-likeness (QED) is 0.403. The van der Waals surface area contributed by atoms with Crippen LogP contribution in [0, 0.1) is 11.8 Å². The lowest BCUT2D eigenvalue weighted by atomic mass is 9.65. The first-order valence-electron chi connectivity index (χ1n) is 5.24. The standard InChI is InChI=1S/C11H17ClOSi/c1-14(2,3)7-11(12)9-6-4-5-8(9)10(11)13/h4-5,8-9H,6-7H2,1-3H3. The Morgan fingerprint density at radius 2 is 2.21 bits per heavy atom. The molecule has 78 valence electrons. The van der Waals surface area contributed by atoms with Crippen LogP contribution < -0.4 is 0 Å². The van der Waals surface area contributed by atoms with Gasteiger partial charge in [-0.05, 0) is 12.5 Å². The molecule has 3 unspecified atom stereocenters. The van der Waals surface area contributed by atoms with E-state index < -0.39 is 12.9 Å². The van der Waals surface area contributed by atoms with Crippen LogP contribution >= 0.6 is 11.6 Å². The second kappa shape index (κ2) is 2.95. The monoisotopic (exact) mass is 228 g/mol. The smallest absolute Gasteiger partial charge is 0.160 e. The van der Waals surface area contributed by atoms with Crippen LogP contribution in [0.25, 0.3) is 0 Å².